The van der Waals surface area contributed by atoms with Crippen LogP contribution >= 0.6 is 0 Å². The van der Waals surface area contributed by atoms with Crippen molar-refractivity contribution >= 4 is 23.5 Å². The van der Waals surface area contributed by atoms with Crippen molar-refractivity contribution in [3.63, 3.8) is 0 Å². The second-order valence-electron chi connectivity index (χ2n) is 7.07. The number of carbonyl (C=O) groups is 1. The van der Waals surface area contributed by atoms with Crippen LogP contribution in [0.15, 0.2) is 52.2 Å². The quantitative estimate of drug-likeness (QED) is 0.193. The van der Waals surface area contributed by atoms with E-state index in [9.17, 15) is 20.0 Å². The zero-order chi connectivity index (χ0) is 23.5. The number of nitro benzene ring substituents is 1. The molecule has 4 aromatic rings. The van der Waals surface area contributed by atoms with E-state index < -0.39 is 10.8 Å². The van der Waals surface area contributed by atoms with Gasteiger partial charge in [0, 0.05) is 6.07 Å². The number of hydrogen-bond acceptors (Lipinski definition) is 8. The SMILES string of the molecule is CCc1c(C)nn2cn[n+](CC(=O)N/N=C/c3ccc(-c4ccccc4[N+](=O)[O-])o3)c2c1[O-]. The smallest absolute Gasteiger partial charge is 0.322 e. The minimum Gasteiger partial charge on any atom is -0.867 e. The monoisotopic (exact) mass is 449 g/mol. The molecule has 33 heavy (non-hydrogen) atoms. The van der Waals surface area contributed by atoms with Gasteiger partial charge in [0.15, 0.2) is 6.54 Å². The molecule has 0 aliphatic carbocycles. The van der Waals surface area contributed by atoms with Crippen LogP contribution in [0.5, 0.6) is 5.75 Å². The molecule has 0 aliphatic rings. The fourth-order valence-electron chi connectivity index (χ4n) is 3.43. The molecule has 0 aliphatic heterocycles. The van der Waals surface area contributed by atoms with Gasteiger partial charge in [0.1, 0.15) is 11.5 Å². The van der Waals surface area contributed by atoms with Gasteiger partial charge in [-0.15, -0.1) is 4.68 Å². The standard InChI is InChI=1S/C21H19N7O5/c1-3-15-13(2)25-27-12-23-26(21(27)20(15)30)11-19(29)24-22-10-14-8-9-18(33-14)16-6-4-5-7-17(16)28(31)32/h4-10,12H,3,11H2,1-2H3,(H-,24,25,29,30)/b22-10+. The molecule has 0 atom stereocenters. The van der Waals surface area contributed by atoms with Crippen LogP contribution in [-0.4, -0.2) is 31.8 Å². The summed E-state index contributed by atoms with van der Waals surface area (Å²) in [4.78, 5) is 23.0. The molecule has 3 aromatic heterocycles. The molecule has 0 radical (unpaired) electrons. The number of nitrogens with one attached hydrogen (secondary N) is 1. The number of carbonyl (C=O) groups excluding carboxylic acids is 1. The number of benzene rings is 1. The summed E-state index contributed by atoms with van der Waals surface area (Å²) in [5.74, 6) is -0.150. The van der Waals surface area contributed by atoms with Gasteiger partial charge in [-0.05, 0) is 48.0 Å². The molecule has 4 rings (SSSR count). The summed E-state index contributed by atoms with van der Waals surface area (Å²) in [7, 11) is 0. The molecule has 0 saturated heterocycles. The highest BCUT2D eigenvalue weighted by Crippen LogP contribution is 2.30. The van der Waals surface area contributed by atoms with Crippen molar-refractivity contribution < 1.29 is 23.9 Å². The van der Waals surface area contributed by atoms with Crippen LogP contribution in [0.1, 0.15) is 23.9 Å². The lowest BCUT2D eigenvalue weighted by Crippen LogP contribution is -2.44. The Morgan fingerprint density at radius 2 is 2.12 bits per heavy atom. The van der Waals surface area contributed by atoms with Gasteiger partial charge in [-0.25, -0.2) is 5.43 Å². The number of aromatic nitrogens is 4. The summed E-state index contributed by atoms with van der Waals surface area (Å²) < 4.78 is 8.19. The molecular formula is C21H19N7O5. The summed E-state index contributed by atoms with van der Waals surface area (Å²) in [6, 6.07) is 9.36. The van der Waals surface area contributed by atoms with Crippen LogP contribution in [0.2, 0.25) is 0 Å². The first-order chi connectivity index (χ1) is 15.9. The third-order valence-electron chi connectivity index (χ3n) is 4.95. The number of rotatable bonds is 7. The molecular weight excluding hydrogens is 430 g/mol. The van der Waals surface area contributed by atoms with Crippen LogP contribution < -0.4 is 15.2 Å². The molecule has 168 valence electrons. The molecule has 0 unspecified atom stereocenters. The van der Waals surface area contributed by atoms with Crippen LogP contribution in [0.4, 0.5) is 5.69 Å². The van der Waals surface area contributed by atoms with Gasteiger partial charge in [0.25, 0.3) is 17.9 Å². The first kappa shape index (κ1) is 21.6. The van der Waals surface area contributed by atoms with Crippen LogP contribution in [-0.2, 0) is 17.8 Å². The van der Waals surface area contributed by atoms with Crippen molar-refractivity contribution in [3.8, 4) is 17.1 Å². The Hall–Kier alpha value is -4.61. The molecule has 0 fully saturated rings. The highest BCUT2D eigenvalue weighted by molar-refractivity contribution is 5.81. The first-order valence-corrected chi connectivity index (χ1v) is 9.98. The second kappa shape index (κ2) is 8.86. The van der Waals surface area contributed by atoms with Crippen molar-refractivity contribution in [1.29, 1.82) is 0 Å². The predicted molar refractivity (Wildman–Crippen MR) is 113 cm³/mol. The Morgan fingerprint density at radius 1 is 1.33 bits per heavy atom. The minimum atomic E-state index is -0.514. The Morgan fingerprint density at radius 3 is 2.88 bits per heavy atom. The lowest BCUT2D eigenvalue weighted by Gasteiger charge is -2.11. The number of nitrogens with zero attached hydrogens (tertiary/aromatic N) is 6. The molecule has 0 saturated carbocycles. The van der Waals surface area contributed by atoms with Crippen molar-refractivity contribution in [2.24, 2.45) is 5.10 Å². The van der Waals surface area contributed by atoms with Crippen LogP contribution in [0.25, 0.3) is 17.0 Å². The maximum absolute atomic E-state index is 12.7. The van der Waals surface area contributed by atoms with Gasteiger partial charge in [-0.3, -0.25) is 14.9 Å². The molecule has 1 aromatic carbocycles. The average molecular weight is 449 g/mol. The summed E-state index contributed by atoms with van der Waals surface area (Å²) >= 11 is 0. The van der Waals surface area contributed by atoms with Crippen LogP contribution in [0.3, 0.4) is 0 Å². The molecule has 1 N–H and O–H groups in total. The Balaban J connectivity index is 1.46. The van der Waals surface area contributed by atoms with E-state index in [1.807, 2.05) is 6.92 Å². The molecule has 12 nitrogen and oxygen atoms in total. The summed E-state index contributed by atoms with van der Waals surface area (Å²) in [6.07, 6.45) is 3.16. The van der Waals surface area contributed by atoms with Gasteiger partial charge in [0.2, 0.25) is 0 Å². The minimum absolute atomic E-state index is 0.0818. The lowest BCUT2D eigenvalue weighted by atomic mass is 10.1. The maximum atomic E-state index is 12.7. The van der Waals surface area contributed by atoms with Gasteiger partial charge >= 0.3 is 5.65 Å². The number of nitro groups is 1. The van der Waals surface area contributed by atoms with Crippen molar-refractivity contribution in [1.82, 2.24) is 20.1 Å². The third kappa shape index (κ3) is 4.26. The van der Waals surface area contributed by atoms with E-state index in [2.05, 4.69) is 20.7 Å². The van der Waals surface area contributed by atoms with E-state index in [0.717, 1.165) is 0 Å². The van der Waals surface area contributed by atoms with E-state index in [4.69, 9.17) is 4.42 Å². The maximum Gasteiger partial charge on any atom is 0.322 e. The van der Waals surface area contributed by atoms with E-state index in [1.165, 1.54) is 27.8 Å². The van der Waals surface area contributed by atoms with E-state index in [-0.39, 0.29) is 29.4 Å². The summed E-state index contributed by atoms with van der Waals surface area (Å²) in [5, 5.41) is 36.1. The molecule has 0 spiro atoms. The normalized spacial score (nSPS) is 11.3. The van der Waals surface area contributed by atoms with Crippen LogP contribution in [0, 0.1) is 17.0 Å². The van der Waals surface area contributed by atoms with Gasteiger partial charge in [-0.1, -0.05) is 28.7 Å². The third-order valence-corrected chi connectivity index (χ3v) is 4.95. The van der Waals surface area contributed by atoms with E-state index >= 15 is 0 Å². The highest BCUT2D eigenvalue weighted by atomic mass is 16.6. The predicted octanol–water partition coefficient (Wildman–Crippen LogP) is 1.28. The second-order valence-corrected chi connectivity index (χ2v) is 7.07. The van der Waals surface area contributed by atoms with E-state index in [0.29, 0.717) is 29.0 Å². The summed E-state index contributed by atoms with van der Waals surface area (Å²) in [5.41, 5.74) is 3.97. The van der Waals surface area contributed by atoms with Gasteiger partial charge in [0.05, 0.1) is 22.4 Å². The zero-order valence-electron chi connectivity index (χ0n) is 17.8. The number of fused-ring (bicyclic) bond motifs is 1. The van der Waals surface area contributed by atoms with Gasteiger partial charge in [-0.2, -0.15) is 5.10 Å². The number of hydrazone groups is 1. The number of aryl methyl sites for hydroxylation is 1. The Kier molecular flexibility index (Phi) is 5.81. The number of furan rings is 1. The molecule has 12 heteroatoms. The van der Waals surface area contributed by atoms with Gasteiger partial charge < -0.3 is 9.52 Å². The first-order valence-electron chi connectivity index (χ1n) is 9.98. The fraction of sp³-hybridized carbons (Fsp3) is 0.190. The molecule has 3 heterocycles. The van der Waals surface area contributed by atoms with Crippen molar-refractivity contribution in [3.05, 3.63) is 69.9 Å². The average Bonchev–Trinajstić information content (AvgIpc) is 3.41. The topological polar surface area (TPSA) is 155 Å². The zero-order valence-corrected chi connectivity index (χ0v) is 17.8. The van der Waals surface area contributed by atoms with Crippen molar-refractivity contribution in [2.75, 3.05) is 0 Å². The number of para-hydroxylation sites is 1. The number of hydrogen-bond donors (Lipinski definition) is 1. The lowest BCUT2D eigenvalue weighted by molar-refractivity contribution is -0.717. The molecule has 0 bridgehead atoms. The highest BCUT2D eigenvalue weighted by Gasteiger charge is 2.20. The number of amides is 1. The molecule has 1 amide bonds. The largest absolute Gasteiger partial charge is 0.867 e. The van der Waals surface area contributed by atoms with Crippen molar-refractivity contribution in [2.45, 2.75) is 26.8 Å². The Labute approximate surface area is 186 Å². The van der Waals surface area contributed by atoms with E-state index in [1.54, 1.807) is 37.3 Å². The Bertz CT molecular complexity index is 1390. The fourth-order valence-corrected chi connectivity index (χ4v) is 3.43. The summed E-state index contributed by atoms with van der Waals surface area (Å²) in [6.45, 7) is 3.37.